The predicted octanol–water partition coefficient (Wildman–Crippen LogP) is 1.31. The Morgan fingerprint density at radius 1 is 1.33 bits per heavy atom. The topological polar surface area (TPSA) is 60.8 Å². The van der Waals surface area contributed by atoms with Gasteiger partial charge in [-0.15, -0.1) is 0 Å². The highest BCUT2D eigenvalue weighted by atomic mass is 16.3. The lowest BCUT2D eigenvalue weighted by Gasteiger charge is -2.35. The van der Waals surface area contributed by atoms with Crippen LogP contribution in [0.25, 0.3) is 0 Å². The fraction of sp³-hybridized carbons (Fsp3) is 0.500. The van der Waals surface area contributed by atoms with Crippen molar-refractivity contribution in [2.45, 2.75) is 31.8 Å². The van der Waals surface area contributed by atoms with Crippen LogP contribution in [0, 0.1) is 0 Å². The molecular formula is C14H19NO3. The van der Waals surface area contributed by atoms with E-state index < -0.39 is 5.60 Å². The number of aromatic hydroxyl groups is 1. The second-order valence-corrected chi connectivity index (χ2v) is 5.18. The van der Waals surface area contributed by atoms with Crippen molar-refractivity contribution in [3.8, 4) is 5.75 Å². The summed E-state index contributed by atoms with van der Waals surface area (Å²) >= 11 is 0. The molecule has 1 fully saturated rings. The van der Waals surface area contributed by atoms with Gasteiger partial charge >= 0.3 is 0 Å². The van der Waals surface area contributed by atoms with Crippen molar-refractivity contribution in [3.05, 3.63) is 29.8 Å². The van der Waals surface area contributed by atoms with Crippen LogP contribution in [-0.4, -0.2) is 39.7 Å². The van der Waals surface area contributed by atoms with Crippen LogP contribution in [0.3, 0.4) is 0 Å². The number of carbonyl (C=O) groups excluding carboxylic acids is 1. The molecule has 2 rings (SSSR count). The van der Waals surface area contributed by atoms with E-state index in [1.807, 2.05) is 6.07 Å². The van der Waals surface area contributed by atoms with Gasteiger partial charge in [-0.2, -0.15) is 0 Å². The first-order valence-corrected chi connectivity index (χ1v) is 6.25. The van der Waals surface area contributed by atoms with Crippen LogP contribution < -0.4 is 0 Å². The molecule has 1 aromatic rings. The normalized spacial score (nSPS) is 18.7. The summed E-state index contributed by atoms with van der Waals surface area (Å²) in [6, 6.07) is 6.89. The molecule has 1 aliphatic heterocycles. The van der Waals surface area contributed by atoms with Gasteiger partial charge in [0.2, 0.25) is 5.91 Å². The van der Waals surface area contributed by atoms with Gasteiger partial charge in [-0.25, -0.2) is 0 Å². The number of likely N-dealkylation sites (tertiary alicyclic amines) is 1. The summed E-state index contributed by atoms with van der Waals surface area (Å²) in [5, 5.41) is 19.5. The highest BCUT2D eigenvalue weighted by Gasteiger charge is 2.29. The van der Waals surface area contributed by atoms with Crippen molar-refractivity contribution in [3.63, 3.8) is 0 Å². The molecule has 0 radical (unpaired) electrons. The van der Waals surface area contributed by atoms with E-state index >= 15 is 0 Å². The summed E-state index contributed by atoms with van der Waals surface area (Å²) in [4.78, 5) is 13.8. The lowest BCUT2D eigenvalue weighted by atomic mass is 9.93. The number of phenolic OH excluding ortho intramolecular Hbond substituents is 1. The summed E-state index contributed by atoms with van der Waals surface area (Å²) in [5.41, 5.74) is 0.00547. The zero-order valence-electron chi connectivity index (χ0n) is 10.6. The number of hydrogen-bond donors (Lipinski definition) is 2. The average molecular weight is 249 g/mol. The van der Waals surface area contributed by atoms with Crippen molar-refractivity contribution >= 4 is 5.91 Å². The Morgan fingerprint density at radius 2 is 1.94 bits per heavy atom. The zero-order valence-corrected chi connectivity index (χ0v) is 10.6. The number of hydrogen-bond acceptors (Lipinski definition) is 3. The van der Waals surface area contributed by atoms with E-state index in [-0.39, 0.29) is 18.1 Å². The summed E-state index contributed by atoms with van der Waals surface area (Å²) in [6.07, 6.45) is 1.44. The monoisotopic (exact) mass is 249 g/mol. The largest absolute Gasteiger partial charge is 0.508 e. The average Bonchev–Trinajstić information content (AvgIpc) is 2.32. The van der Waals surface area contributed by atoms with Crippen molar-refractivity contribution in [1.29, 1.82) is 0 Å². The summed E-state index contributed by atoms with van der Waals surface area (Å²) in [6.45, 7) is 2.97. The second-order valence-electron chi connectivity index (χ2n) is 5.18. The highest BCUT2D eigenvalue weighted by Crippen LogP contribution is 2.23. The summed E-state index contributed by atoms with van der Waals surface area (Å²) in [5.74, 6) is 0.168. The first-order valence-electron chi connectivity index (χ1n) is 6.25. The maximum absolute atomic E-state index is 12.1. The van der Waals surface area contributed by atoms with Crippen LogP contribution >= 0.6 is 0 Å². The Balaban J connectivity index is 1.95. The molecular weight excluding hydrogens is 230 g/mol. The van der Waals surface area contributed by atoms with E-state index in [9.17, 15) is 15.0 Å². The van der Waals surface area contributed by atoms with Gasteiger partial charge in [-0.1, -0.05) is 18.2 Å². The number of carbonyl (C=O) groups is 1. The van der Waals surface area contributed by atoms with E-state index in [1.165, 1.54) is 0 Å². The lowest BCUT2D eigenvalue weighted by Crippen LogP contribution is -2.45. The Labute approximate surface area is 107 Å². The fourth-order valence-corrected chi connectivity index (χ4v) is 2.17. The molecule has 98 valence electrons. The minimum Gasteiger partial charge on any atom is -0.508 e. The van der Waals surface area contributed by atoms with Crippen LogP contribution in [0.15, 0.2) is 24.3 Å². The highest BCUT2D eigenvalue weighted by molar-refractivity contribution is 5.79. The van der Waals surface area contributed by atoms with E-state index in [4.69, 9.17) is 0 Å². The van der Waals surface area contributed by atoms with Gasteiger partial charge in [0.1, 0.15) is 5.75 Å². The van der Waals surface area contributed by atoms with Gasteiger partial charge in [0, 0.05) is 18.7 Å². The van der Waals surface area contributed by atoms with Gasteiger partial charge < -0.3 is 15.1 Å². The number of piperidine rings is 1. The molecule has 1 aliphatic rings. The quantitative estimate of drug-likeness (QED) is 0.830. The fourth-order valence-electron chi connectivity index (χ4n) is 2.17. The molecule has 0 aliphatic carbocycles. The Kier molecular flexibility index (Phi) is 3.57. The molecule has 0 bridgehead atoms. The lowest BCUT2D eigenvalue weighted by molar-refractivity contribution is -0.134. The number of phenols is 1. The van der Waals surface area contributed by atoms with Crippen LogP contribution in [0.5, 0.6) is 5.75 Å². The van der Waals surface area contributed by atoms with E-state index in [2.05, 4.69) is 0 Å². The summed E-state index contributed by atoms with van der Waals surface area (Å²) in [7, 11) is 0. The van der Waals surface area contributed by atoms with Gasteiger partial charge in [-0.05, 0) is 25.8 Å². The Bertz CT molecular complexity index is 432. The molecule has 1 heterocycles. The SMILES string of the molecule is CC1(O)CCN(C(=O)Cc2ccccc2O)CC1. The van der Waals surface area contributed by atoms with Gasteiger partial charge in [0.25, 0.3) is 0 Å². The van der Waals surface area contributed by atoms with Crippen molar-refractivity contribution in [1.82, 2.24) is 4.90 Å². The van der Waals surface area contributed by atoms with Crippen LogP contribution in [0.4, 0.5) is 0 Å². The first-order chi connectivity index (χ1) is 8.48. The molecule has 0 saturated carbocycles. The molecule has 1 amide bonds. The molecule has 0 spiro atoms. The Hall–Kier alpha value is -1.55. The van der Waals surface area contributed by atoms with E-state index in [0.29, 0.717) is 31.5 Å². The Morgan fingerprint density at radius 3 is 2.56 bits per heavy atom. The third-order valence-corrected chi connectivity index (χ3v) is 3.53. The maximum atomic E-state index is 12.1. The predicted molar refractivity (Wildman–Crippen MR) is 68.2 cm³/mol. The third kappa shape index (κ3) is 3.01. The standard InChI is InChI=1S/C14H19NO3/c1-14(18)6-8-15(9-7-14)13(17)10-11-4-2-3-5-12(11)16/h2-5,16,18H,6-10H2,1H3. The van der Waals surface area contributed by atoms with Crippen LogP contribution in [0.2, 0.25) is 0 Å². The number of benzene rings is 1. The first kappa shape index (κ1) is 12.9. The summed E-state index contributed by atoms with van der Waals surface area (Å²) < 4.78 is 0. The number of rotatable bonds is 2. The maximum Gasteiger partial charge on any atom is 0.227 e. The molecule has 0 unspecified atom stereocenters. The molecule has 0 aromatic heterocycles. The van der Waals surface area contributed by atoms with Crippen LogP contribution in [0.1, 0.15) is 25.3 Å². The molecule has 18 heavy (non-hydrogen) atoms. The second kappa shape index (κ2) is 4.98. The van der Waals surface area contributed by atoms with Gasteiger partial charge in [0.05, 0.1) is 12.0 Å². The van der Waals surface area contributed by atoms with Gasteiger partial charge in [-0.3, -0.25) is 4.79 Å². The number of nitrogens with zero attached hydrogens (tertiary/aromatic N) is 1. The molecule has 1 aromatic carbocycles. The number of aliphatic hydroxyl groups is 1. The third-order valence-electron chi connectivity index (χ3n) is 3.53. The molecule has 4 nitrogen and oxygen atoms in total. The smallest absolute Gasteiger partial charge is 0.227 e. The zero-order chi connectivity index (χ0) is 13.2. The minimum absolute atomic E-state index is 0.00648. The molecule has 4 heteroatoms. The molecule has 0 atom stereocenters. The van der Waals surface area contributed by atoms with Crippen molar-refractivity contribution in [2.75, 3.05) is 13.1 Å². The minimum atomic E-state index is -0.647. The van der Waals surface area contributed by atoms with Crippen molar-refractivity contribution in [2.24, 2.45) is 0 Å². The number of amides is 1. The van der Waals surface area contributed by atoms with Gasteiger partial charge in [0.15, 0.2) is 0 Å². The number of para-hydroxylation sites is 1. The molecule has 1 saturated heterocycles. The van der Waals surface area contributed by atoms with E-state index in [0.717, 1.165) is 0 Å². The molecule has 2 N–H and O–H groups in total. The van der Waals surface area contributed by atoms with Crippen molar-refractivity contribution < 1.29 is 15.0 Å². The van der Waals surface area contributed by atoms with E-state index in [1.54, 1.807) is 30.0 Å². The van der Waals surface area contributed by atoms with Crippen LogP contribution in [-0.2, 0) is 11.2 Å².